The molecule has 0 saturated heterocycles. The van der Waals surface area contributed by atoms with Crippen molar-refractivity contribution in [3.63, 3.8) is 0 Å². The maximum atomic E-state index is 0. The van der Waals surface area contributed by atoms with E-state index < -0.39 is 0 Å². The third kappa shape index (κ3) is 10.8. The third-order valence-corrected chi connectivity index (χ3v) is 0. The van der Waals surface area contributed by atoms with Crippen LogP contribution in [-0.2, 0) is 0 Å². The summed E-state index contributed by atoms with van der Waals surface area (Å²) in [6, 6.07) is 0. The monoisotopic (exact) mass is 65.1 g/mol. The van der Waals surface area contributed by atoms with Gasteiger partial charge in [0.1, 0.15) is 0 Å². The average molecular weight is 64.5 g/mol. The molecule has 0 aliphatic rings. The Labute approximate surface area is 54.7 Å². The minimum atomic E-state index is 0. The van der Waals surface area contributed by atoms with Gasteiger partial charge in [-0.3, -0.25) is 0 Å². The summed E-state index contributed by atoms with van der Waals surface area (Å²) in [4.78, 5) is 0. The molecule has 4 heteroatoms. The molecule has 1 radical (unpaired) electrons. The second kappa shape index (κ2) is 30.0. The Morgan fingerprint density at radius 2 is 0.500 bits per heavy atom. The zero-order valence-electron chi connectivity index (χ0n) is 1.00. The molecule has 0 fully saturated rings. The normalized spacial score (nSPS) is 0. The van der Waals surface area contributed by atoms with Crippen LogP contribution in [0.25, 0.3) is 0 Å². The summed E-state index contributed by atoms with van der Waals surface area (Å²) < 4.78 is 0. The van der Waals surface area contributed by atoms with Gasteiger partial charge in [0.25, 0.3) is 0 Å². The van der Waals surface area contributed by atoms with Crippen molar-refractivity contribution in [1.82, 2.24) is 0 Å². The van der Waals surface area contributed by atoms with Crippen LogP contribution in [0.1, 0.15) is 0 Å². The Morgan fingerprint density at radius 3 is 0.500 bits per heavy atom. The molecule has 0 amide bonds. The Balaban J connectivity index is 0. The molecule has 0 rings (SSSR count). The smallest absolute Gasteiger partial charge is 0 e. The number of hydrogen-bond acceptors (Lipinski definition) is 0. The Bertz CT molecular complexity index is 3.25. The fraction of sp³-hybridized carbons (Fsp3) is 0. The first-order valence-corrected chi connectivity index (χ1v) is 0. The second-order valence-corrected chi connectivity index (χ2v) is 0. The molecule has 0 spiro atoms. The van der Waals surface area contributed by atoms with Crippen LogP contribution in [0.5, 0.6) is 0 Å². The first-order valence-electron chi connectivity index (χ1n) is 0. The molecule has 19 valence electrons. The van der Waals surface area contributed by atoms with Crippen LogP contribution in [-0.4, -0.2) is 54.8 Å². The molecular formula is H9B3Na. The Hall–Kier alpha value is 1.19. The molecule has 0 aliphatic carbocycles. The zero-order chi connectivity index (χ0) is 0. The summed E-state index contributed by atoms with van der Waals surface area (Å²) in [6.07, 6.45) is 0. The van der Waals surface area contributed by atoms with E-state index in [9.17, 15) is 0 Å². The van der Waals surface area contributed by atoms with Crippen LogP contribution in [0.4, 0.5) is 0 Å². The van der Waals surface area contributed by atoms with Gasteiger partial charge in [0.2, 0.25) is 0 Å². The first-order chi connectivity index (χ1) is 0. The van der Waals surface area contributed by atoms with E-state index in [1.165, 1.54) is 0 Å². The van der Waals surface area contributed by atoms with Gasteiger partial charge in [-0.25, -0.2) is 0 Å². The van der Waals surface area contributed by atoms with Crippen molar-refractivity contribution in [2.24, 2.45) is 0 Å². The minimum absolute atomic E-state index is 0. The van der Waals surface area contributed by atoms with Crippen LogP contribution < -0.4 is 0 Å². The summed E-state index contributed by atoms with van der Waals surface area (Å²) >= 11 is 0. The van der Waals surface area contributed by atoms with E-state index in [1.54, 1.807) is 0 Å². The average Bonchev–Trinajstić information content (AvgIpc) is 0. The van der Waals surface area contributed by atoms with E-state index >= 15 is 0 Å². The van der Waals surface area contributed by atoms with Crippen molar-refractivity contribution in [2.75, 3.05) is 0 Å². The van der Waals surface area contributed by atoms with Gasteiger partial charge in [-0.15, -0.1) is 0 Å². The summed E-state index contributed by atoms with van der Waals surface area (Å²) in [7, 11) is 0. The third-order valence-electron chi connectivity index (χ3n) is 0. The van der Waals surface area contributed by atoms with Gasteiger partial charge in [-0.1, -0.05) is 0 Å². The van der Waals surface area contributed by atoms with E-state index in [1.807, 2.05) is 0 Å². The molecule has 0 atom stereocenters. The molecule has 0 nitrogen and oxygen atoms in total. The van der Waals surface area contributed by atoms with E-state index in [0.29, 0.717) is 0 Å². The van der Waals surface area contributed by atoms with Gasteiger partial charge < -0.3 is 0 Å². The largest absolute Gasteiger partial charge is 0.0814 e. The Kier molecular flexibility index (Phi) is 480. The molecule has 0 saturated carbocycles. The van der Waals surface area contributed by atoms with Crippen molar-refractivity contribution < 1.29 is 0 Å². The molecular weight excluding hydrogens is 55.4 g/mol. The molecule has 0 N–H and O–H groups in total. The number of hydrogen-bond donors (Lipinski definition) is 0. The van der Waals surface area contributed by atoms with Crippen molar-refractivity contribution in [3.05, 3.63) is 0 Å². The molecule has 0 bridgehead atoms. The summed E-state index contributed by atoms with van der Waals surface area (Å²) in [6.45, 7) is 0. The zero-order valence-corrected chi connectivity index (χ0v) is 3.00. The molecule has 0 aromatic heterocycles. The van der Waals surface area contributed by atoms with Crippen molar-refractivity contribution >= 4 is 54.8 Å². The van der Waals surface area contributed by atoms with Gasteiger partial charge in [0.15, 0.2) is 0 Å². The molecule has 0 aliphatic heterocycles. The van der Waals surface area contributed by atoms with Crippen LogP contribution in [0.2, 0.25) is 0 Å². The van der Waals surface area contributed by atoms with Gasteiger partial charge in [0, 0.05) is 29.6 Å². The second-order valence-electron chi connectivity index (χ2n) is 0. The van der Waals surface area contributed by atoms with Crippen molar-refractivity contribution in [1.29, 1.82) is 0 Å². The van der Waals surface area contributed by atoms with Gasteiger partial charge in [-0.2, -0.15) is 0 Å². The maximum Gasteiger partial charge on any atom is 0.0814 e. The van der Waals surface area contributed by atoms with E-state index in [-0.39, 0.29) is 54.8 Å². The quantitative estimate of drug-likeness (QED) is 0.253. The summed E-state index contributed by atoms with van der Waals surface area (Å²) in [5.74, 6) is 0. The fourth-order valence-electron chi connectivity index (χ4n) is 0. The molecule has 0 heterocycles. The molecule has 0 unspecified atom stereocenters. The predicted octanol–water partition coefficient (Wildman–Crippen LogP) is -3.93. The topological polar surface area (TPSA) is 0 Å². The standard InChI is InChI=1S/3BH3.Na/h3*1H3;. The van der Waals surface area contributed by atoms with Crippen molar-refractivity contribution in [3.8, 4) is 0 Å². The Morgan fingerprint density at radius 1 is 0.500 bits per heavy atom. The van der Waals surface area contributed by atoms with Crippen molar-refractivity contribution in [2.45, 2.75) is 0 Å². The van der Waals surface area contributed by atoms with E-state index in [2.05, 4.69) is 0 Å². The van der Waals surface area contributed by atoms with Crippen LogP contribution in [0.15, 0.2) is 0 Å². The molecule has 4 heavy (non-hydrogen) atoms. The van der Waals surface area contributed by atoms with Crippen LogP contribution in [0.3, 0.4) is 0 Å². The molecule has 0 aromatic rings. The van der Waals surface area contributed by atoms with Gasteiger partial charge in [0.05, 0.1) is 25.2 Å². The SMILES string of the molecule is B.B.B.[Na]. The first kappa shape index (κ1) is 64.0. The van der Waals surface area contributed by atoms with Crippen LogP contribution in [0, 0.1) is 0 Å². The minimum Gasteiger partial charge on any atom is 0 e. The van der Waals surface area contributed by atoms with E-state index in [4.69, 9.17) is 0 Å². The van der Waals surface area contributed by atoms with E-state index in [0.717, 1.165) is 0 Å². The summed E-state index contributed by atoms with van der Waals surface area (Å²) in [5.41, 5.74) is 0. The maximum absolute atomic E-state index is 0. The number of rotatable bonds is 0. The molecule has 0 aromatic carbocycles. The summed E-state index contributed by atoms with van der Waals surface area (Å²) in [5, 5.41) is 0. The van der Waals surface area contributed by atoms with Crippen LogP contribution >= 0.6 is 0 Å². The predicted molar refractivity (Wildman–Crippen MR) is 35.6 cm³/mol. The van der Waals surface area contributed by atoms with Gasteiger partial charge in [-0.05, 0) is 0 Å². The fourth-order valence-corrected chi connectivity index (χ4v) is 0. The van der Waals surface area contributed by atoms with Gasteiger partial charge >= 0.3 is 0 Å².